The van der Waals surface area contributed by atoms with Crippen LogP contribution in [0.25, 0.3) is 0 Å². The second-order valence-electron chi connectivity index (χ2n) is 4.79. The van der Waals surface area contributed by atoms with E-state index in [2.05, 4.69) is 24.4 Å². The summed E-state index contributed by atoms with van der Waals surface area (Å²) in [5.74, 6) is 0.824. The molecule has 2 aromatic carbocycles. The topological polar surface area (TPSA) is 29.1 Å². The molecule has 0 aromatic heterocycles. The summed E-state index contributed by atoms with van der Waals surface area (Å²) in [4.78, 5) is 11.7. The molecule has 4 heteroatoms. The minimum Gasteiger partial charge on any atom is -0.351 e. The molecule has 0 spiro atoms. The number of hydrogen-bond acceptors (Lipinski definition) is 2. The van der Waals surface area contributed by atoms with Crippen molar-refractivity contribution in [1.82, 2.24) is 5.32 Å². The van der Waals surface area contributed by atoms with Gasteiger partial charge in [0.25, 0.3) is 0 Å². The Balaban J connectivity index is 1.73. The van der Waals surface area contributed by atoms with Gasteiger partial charge in [0.1, 0.15) is 5.82 Å². The molecule has 0 heterocycles. The average Bonchev–Trinajstić information content (AvgIpc) is 2.48. The second-order valence-corrected chi connectivity index (χ2v) is 5.77. The summed E-state index contributed by atoms with van der Waals surface area (Å²) in [5, 5.41) is 2.74. The third-order valence-corrected chi connectivity index (χ3v) is 4.17. The molecule has 0 aliphatic heterocycles. The van der Waals surface area contributed by atoms with Crippen LogP contribution >= 0.6 is 11.8 Å². The van der Waals surface area contributed by atoms with E-state index in [9.17, 15) is 9.18 Å². The SMILES string of the molecule is Cc1ccccc1CSCC(=O)NCc1ccccc1F. The van der Waals surface area contributed by atoms with E-state index < -0.39 is 0 Å². The van der Waals surface area contributed by atoms with Gasteiger partial charge in [-0.25, -0.2) is 4.39 Å². The summed E-state index contributed by atoms with van der Waals surface area (Å²) >= 11 is 1.56. The highest BCUT2D eigenvalue weighted by molar-refractivity contribution is 7.99. The molecule has 0 bridgehead atoms. The molecule has 1 amide bonds. The highest BCUT2D eigenvalue weighted by atomic mass is 32.2. The van der Waals surface area contributed by atoms with Crippen molar-refractivity contribution in [2.45, 2.75) is 19.2 Å². The summed E-state index contributed by atoms with van der Waals surface area (Å²) in [6.45, 7) is 2.30. The first-order chi connectivity index (χ1) is 10.2. The molecule has 0 unspecified atom stereocenters. The average molecular weight is 303 g/mol. The van der Waals surface area contributed by atoms with Crippen molar-refractivity contribution in [3.63, 3.8) is 0 Å². The van der Waals surface area contributed by atoms with Crippen molar-refractivity contribution in [3.8, 4) is 0 Å². The van der Waals surface area contributed by atoms with Gasteiger partial charge >= 0.3 is 0 Å². The molecule has 0 aliphatic carbocycles. The zero-order valence-electron chi connectivity index (χ0n) is 11.9. The highest BCUT2D eigenvalue weighted by Crippen LogP contribution is 2.15. The fourth-order valence-corrected chi connectivity index (χ4v) is 2.85. The van der Waals surface area contributed by atoms with Gasteiger partial charge in [-0.2, -0.15) is 0 Å². The first kappa shape index (κ1) is 15.6. The van der Waals surface area contributed by atoms with E-state index in [0.717, 1.165) is 5.75 Å². The Labute approximate surface area is 128 Å². The lowest BCUT2D eigenvalue weighted by Crippen LogP contribution is -2.25. The Morgan fingerprint density at radius 1 is 1.10 bits per heavy atom. The predicted molar refractivity (Wildman–Crippen MR) is 85.6 cm³/mol. The van der Waals surface area contributed by atoms with E-state index in [-0.39, 0.29) is 18.3 Å². The number of amides is 1. The third kappa shape index (κ3) is 4.90. The maximum absolute atomic E-state index is 13.4. The molecule has 1 N–H and O–H groups in total. The molecule has 0 fully saturated rings. The van der Waals surface area contributed by atoms with Crippen LogP contribution in [0.3, 0.4) is 0 Å². The number of carbonyl (C=O) groups excluding carboxylic acids is 1. The van der Waals surface area contributed by atoms with Crippen molar-refractivity contribution in [2.24, 2.45) is 0 Å². The van der Waals surface area contributed by atoms with E-state index in [1.165, 1.54) is 17.2 Å². The maximum atomic E-state index is 13.4. The van der Waals surface area contributed by atoms with Crippen molar-refractivity contribution >= 4 is 17.7 Å². The van der Waals surface area contributed by atoms with Crippen molar-refractivity contribution in [2.75, 3.05) is 5.75 Å². The first-order valence-corrected chi connectivity index (χ1v) is 7.94. The first-order valence-electron chi connectivity index (χ1n) is 6.79. The summed E-state index contributed by atoms with van der Waals surface area (Å²) in [6, 6.07) is 14.6. The third-order valence-electron chi connectivity index (χ3n) is 3.19. The number of thioether (sulfide) groups is 1. The standard InChI is InChI=1S/C17H18FNOS/c1-13-6-2-3-8-15(13)11-21-12-17(20)19-10-14-7-4-5-9-16(14)18/h2-9H,10-12H2,1H3,(H,19,20). The Hall–Kier alpha value is -1.81. The summed E-state index contributed by atoms with van der Waals surface area (Å²) in [5.41, 5.74) is 2.98. The Morgan fingerprint density at radius 2 is 1.76 bits per heavy atom. The summed E-state index contributed by atoms with van der Waals surface area (Å²) in [6.07, 6.45) is 0. The lowest BCUT2D eigenvalue weighted by atomic mass is 10.1. The number of benzene rings is 2. The fraction of sp³-hybridized carbons (Fsp3) is 0.235. The smallest absolute Gasteiger partial charge is 0.230 e. The van der Waals surface area contributed by atoms with Crippen LogP contribution in [-0.4, -0.2) is 11.7 Å². The largest absolute Gasteiger partial charge is 0.351 e. The quantitative estimate of drug-likeness (QED) is 0.882. The number of halogens is 1. The van der Waals surface area contributed by atoms with Crippen LogP contribution < -0.4 is 5.32 Å². The molecule has 0 radical (unpaired) electrons. The number of hydrogen-bond donors (Lipinski definition) is 1. The van der Waals surface area contributed by atoms with Gasteiger partial charge < -0.3 is 5.32 Å². The van der Waals surface area contributed by atoms with Crippen molar-refractivity contribution in [1.29, 1.82) is 0 Å². The van der Waals surface area contributed by atoms with Crippen molar-refractivity contribution in [3.05, 3.63) is 71.0 Å². The molecule has 2 rings (SSSR count). The minimum atomic E-state index is -0.287. The lowest BCUT2D eigenvalue weighted by Gasteiger charge is -2.07. The molecular weight excluding hydrogens is 285 g/mol. The zero-order chi connectivity index (χ0) is 15.1. The fourth-order valence-electron chi connectivity index (χ4n) is 1.91. The molecule has 0 atom stereocenters. The molecule has 2 aromatic rings. The van der Waals surface area contributed by atoms with E-state index >= 15 is 0 Å². The lowest BCUT2D eigenvalue weighted by molar-refractivity contribution is -0.118. The Morgan fingerprint density at radius 3 is 2.48 bits per heavy atom. The van der Waals surface area contributed by atoms with Gasteiger partial charge in [-0.3, -0.25) is 4.79 Å². The van der Waals surface area contributed by atoms with Crippen LogP contribution in [0, 0.1) is 12.7 Å². The van der Waals surface area contributed by atoms with Gasteiger partial charge in [0, 0.05) is 17.9 Å². The van der Waals surface area contributed by atoms with Gasteiger partial charge in [0.05, 0.1) is 5.75 Å². The molecule has 21 heavy (non-hydrogen) atoms. The normalized spacial score (nSPS) is 10.4. The number of carbonyl (C=O) groups is 1. The van der Waals surface area contributed by atoms with Crippen LogP contribution in [0.2, 0.25) is 0 Å². The summed E-state index contributed by atoms with van der Waals surface area (Å²) in [7, 11) is 0. The van der Waals surface area contributed by atoms with Crippen LogP contribution in [-0.2, 0) is 17.1 Å². The van der Waals surface area contributed by atoms with Crippen LogP contribution in [0.5, 0.6) is 0 Å². The number of nitrogens with one attached hydrogen (secondary N) is 1. The molecule has 0 saturated carbocycles. The Kier molecular flexibility index (Phi) is 5.81. The van der Waals surface area contributed by atoms with E-state index in [1.807, 2.05) is 12.1 Å². The van der Waals surface area contributed by atoms with E-state index in [0.29, 0.717) is 11.3 Å². The monoisotopic (exact) mass is 303 g/mol. The second kappa shape index (κ2) is 7.84. The molecule has 0 saturated heterocycles. The zero-order valence-corrected chi connectivity index (χ0v) is 12.8. The van der Waals surface area contributed by atoms with E-state index in [1.54, 1.807) is 30.0 Å². The predicted octanol–water partition coefficient (Wildman–Crippen LogP) is 3.68. The molecular formula is C17H18FNOS. The van der Waals surface area contributed by atoms with Gasteiger partial charge in [-0.1, -0.05) is 42.5 Å². The van der Waals surface area contributed by atoms with Gasteiger partial charge in [0.15, 0.2) is 0 Å². The van der Waals surface area contributed by atoms with Crippen molar-refractivity contribution < 1.29 is 9.18 Å². The number of aryl methyl sites for hydroxylation is 1. The maximum Gasteiger partial charge on any atom is 0.230 e. The highest BCUT2D eigenvalue weighted by Gasteiger charge is 2.05. The van der Waals surface area contributed by atoms with Gasteiger partial charge in [-0.15, -0.1) is 11.8 Å². The molecule has 110 valence electrons. The van der Waals surface area contributed by atoms with Crippen LogP contribution in [0.4, 0.5) is 4.39 Å². The van der Waals surface area contributed by atoms with Crippen LogP contribution in [0.1, 0.15) is 16.7 Å². The summed E-state index contributed by atoms with van der Waals surface area (Å²) < 4.78 is 13.4. The van der Waals surface area contributed by atoms with Crippen LogP contribution in [0.15, 0.2) is 48.5 Å². The molecule has 2 nitrogen and oxygen atoms in total. The Bertz CT molecular complexity index is 615. The molecule has 0 aliphatic rings. The van der Waals surface area contributed by atoms with Gasteiger partial charge in [-0.05, 0) is 24.1 Å². The number of rotatable bonds is 6. The van der Waals surface area contributed by atoms with E-state index in [4.69, 9.17) is 0 Å². The minimum absolute atomic E-state index is 0.0724. The van der Waals surface area contributed by atoms with Gasteiger partial charge in [0.2, 0.25) is 5.91 Å².